The van der Waals surface area contributed by atoms with Gasteiger partial charge < -0.3 is 5.32 Å². The van der Waals surface area contributed by atoms with Crippen molar-refractivity contribution in [3.05, 3.63) is 61.7 Å². The van der Waals surface area contributed by atoms with Crippen LogP contribution in [0, 0.1) is 5.82 Å². The topological polar surface area (TPSA) is 12.0 Å². The lowest BCUT2D eigenvalue weighted by molar-refractivity contribution is 0.627. The number of halogens is 4. The largest absolute Gasteiger partial charge is 0.379 e. The fourth-order valence-electron chi connectivity index (χ4n) is 1.54. The first-order valence-corrected chi connectivity index (χ1v) is 7.16. The van der Waals surface area contributed by atoms with Crippen LogP contribution in [0.3, 0.4) is 0 Å². The molecule has 1 N–H and O–H groups in total. The van der Waals surface area contributed by atoms with Gasteiger partial charge in [0.1, 0.15) is 5.82 Å². The summed E-state index contributed by atoms with van der Waals surface area (Å²) in [6, 6.07) is 10.6. The summed E-state index contributed by atoms with van der Waals surface area (Å²) < 4.78 is 14.7. The predicted molar refractivity (Wildman–Crippen MR) is 80.6 cm³/mol. The molecule has 0 spiro atoms. The summed E-state index contributed by atoms with van der Waals surface area (Å²) in [6.07, 6.45) is 0. The van der Waals surface area contributed by atoms with E-state index in [2.05, 4.69) is 37.2 Å². The van der Waals surface area contributed by atoms with Crippen LogP contribution in [0.4, 0.5) is 10.1 Å². The van der Waals surface area contributed by atoms with E-state index in [0.29, 0.717) is 21.7 Å². The Kier molecular flexibility index (Phi) is 4.65. The van der Waals surface area contributed by atoms with Crippen molar-refractivity contribution in [2.45, 2.75) is 6.54 Å². The molecule has 0 aliphatic rings. The minimum Gasteiger partial charge on any atom is -0.379 e. The van der Waals surface area contributed by atoms with Crippen LogP contribution in [0.2, 0.25) is 5.02 Å². The summed E-state index contributed by atoms with van der Waals surface area (Å²) in [6.45, 7) is 0.603. The van der Waals surface area contributed by atoms with Crippen LogP contribution in [0.25, 0.3) is 0 Å². The molecule has 0 amide bonds. The molecule has 2 rings (SSSR count). The molecule has 18 heavy (non-hydrogen) atoms. The van der Waals surface area contributed by atoms with Crippen LogP contribution in [-0.2, 0) is 6.54 Å². The number of nitrogens with one attached hydrogen (secondary N) is 1. The molecule has 0 saturated heterocycles. The van der Waals surface area contributed by atoms with Gasteiger partial charge in [0.05, 0.1) is 10.7 Å². The lowest BCUT2D eigenvalue weighted by Gasteiger charge is -2.11. The molecule has 0 atom stereocenters. The first kappa shape index (κ1) is 13.8. The van der Waals surface area contributed by atoms with E-state index in [4.69, 9.17) is 11.6 Å². The Morgan fingerprint density at radius 2 is 1.83 bits per heavy atom. The van der Waals surface area contributed by atoms with Gasteiger partial charge in [-0.25, -0.2) is 4.39 Å². The third-order valence-corrected chi connectivity index (χ3v) is 4.12. The maximum absolute atomic E-state index is 13.1. The number of rotatable bonds is 3. The van der Waals surface area contributed by atoms with E-state index < -0.39 is 0 Å². The van der Waals surface area contributed by atoms with E-state index in [1.165, 1.54) is 12.1 Å². The van der Waals surface area contributed by atoms with Crippen LogP contribution in [0.1, 0.15) is 5.56 Å². The van der Waals surface area contributed by atoms with E-state index in [-0.39, 0.29) is 5.82 Å². The smallest absolute Gasteiger partial charge is 0.125 e. The zero-order chi connectivity index (χ0) is 13.1. The van der Waals surface area contributed by atoms with E-state index >= 15 is 0 Å². The SMILES string of the molecule is Fc1cc(Cl)c(NCc2ccccc2Br)c(Br)c1. The van der Waals surface area contributed by atoms with Crippen molar-refractivity contribution in [1.82, 2.24) is 0 Å². The zero-order valence-corrected chi connectivity index (χ0v) is 13.1. The Morgan fingerprint density at radius 3 is 2.50 bits per heavy atom. The fourth-order valence-corrected chi connectivity index (χ4v) is 2.92. The standard InChI is InChI=1S/C13H9Br2ClFN/c14-10-4-2-1-3-8(10)7-18-13-11(15)5-9(17)6-12(13)16/h1-6,18H,7H2. The van der Waals surface area contributed by atoms with E-state index in [1.807, 2.05) is 24.3 Å². The van der Waals surface area contributed by atoms with Crippen LogP contribution in [0.15, 0.2) is 45.3 Å². The van der Waals surface area contributed by atoms with Gasteiger partial charge in [0.2, 0.25) is 0 Å². The van der Waals surface area contributed by atoms with Crippen molar-refractivity contribution in [1.29, 1.82) is 0 Å². The number of anilines is 1. The summed E-state index contributed by atoms with van der Waals surface area (Å²) in [5.74, 6) is -0.363. The highest BCUT2D eigenvalue weighted by Gasteiger charge is 2.08. The van der Waals surface area contributed by atoms with Crippen molar-refractivity contribution < 1.29 is 4.39 Å². The van der Waals surface area contributed by atoms with Crippen LogP contribution < -0.4 is 5.32 Å². The normalized spacial score (nSPS) is 10.4. The van der Waals surface area contributed by atoms with Gasteiger partial charge in [-0.1, -0.05) is 45.7 Å². The lowest BCUT2D eigenvalue weighted by atomic mass is 10.2. The second-order valence-electron chi connectivity index (χ2n) is 3.69. The van der Waals surface area contributed by atoms with E-state index in [0.717, 1.165) is 10.0 Å². The molecular weight excluding hydrogens is 384 g/mol. The number of hydrogen-bond acceptors (Lipinski definition) is 1. The van der Waals surface area contributed by atoms with Gasteiger partial charge in [-0.3, -0.25) is 0 Å². The van der Waals surface area contributed by atoms with Crippen molar-refractivity contribution in [3.63, 3.8) is 0 Å². The van der Waals surface area contributed by atoms with Gasteiger partial charge in [0.15, 0.2) is 0 Å². The second-order valence-corrected chi connectivity index (χ2v) is 5.81. The first-order chi connectivity index (χ1) is 8.58. The molecule has 0 aromatic heterocycles. The average Bonchev–Trinajstić information content (AvgIpc) is 2.30. The van der Waals surface area contributed by atoms with Gasteiger partial charge in [-0.05, 0) is 39.7 Å². The molecule has 0 heterocycles. The summed E-state index contributed by atoms with van der Waals surface area (Å²) in [5, 5.41) is 3.55. The molecule has 0 radical (unpaired) electrons. The van der Waals surface area contributed by atoms with E-state index in [9.17, 15) is 4.39 Å². The second kappa shape index (κ2) is 6.04. The van der Waals surface area contributed by atoms with Crippen molar-refractivity contribution in [3.8, 4) is 0 Å². The van der Waals surface area contributed by atoms with Crippen molar-refractivity contribution >= 4 is 49.1 Å². The molecule has 2 aromatic rings. The van der Waals surface area contributed by atoms with Gasteiger partial charge in [-0.15, -0.1) is 0 Å². The van der Waals surface area contributed by atoms with Crippen LogP contribution in [0.5, 0.6) is 0 Å². The molecule has 0 saturated carbocycles. The summed E-state index contributed by atoms with van der Waals surface area (Å²) in [4.78, 5) is 0. The monoisotopic (exact) mass is 391 g/mol. The third-order valence-electron chi connectivity index (χ3n) is 2.42. The van der Waals surface area contributed by atoms with Gasteiger partial charge >= 0.3 is 0 Å². The maximum atomic E-state index is 13.1. The molecule has 2 aromatic carbocycles. The highest BCUT2D eigenvalue weighted by atomic mass is 79.9. The van der Waals surface area contributed by atoms with Crippen LogP contribution in [-0.4, -0.2) is 0 Å². The molecule has 0 aliphatic heterocycles. The number of hydrogen-bond donors (Lipinski definition) is 1. The Bertz CT molecular complexity index is 552. The average molecular weight is 393 g/mol. The Morgan fingerprint density at radius 1 is 1.11 bits per heavy atom. The quantitative estimate of drug-likeness (QED) is 0.714. The summed E-state index contributed by atoms with van der Waals surface area (Å²) >= 11 is 12.8. The molecular formula is C13H9Br2ClFN. The van der Waals surface area contributed by atoms with Crippen LogP contribution >= 0.6 is 43.5 Å². The zero-order valence-electron chi connectivity index (χ0n) is 9.18. The Hall–Kier alpha value is -0.580. The van der Waals surface area contributed by atoms with E-state index in [1.54, 1.807) is 0 Å². The van der Waals surface area contributed by atoms with Gasteiger partial charge in [-0.2, -0.15) is 0 Å². The fraction of sp³-hybridized carbons (Fsp3) is 0.0769. The maximum Gasteiger partial charge on any atom is 0.125 e. The highest BCUT2D eigenvalue weighted by molar-refractivity contribution is 9.11. The predicted octanol–water partition coefficient (Wildman–Crippen LogP) is 5.62. The third kappa shape index (κ3) is 3.25. The molecule has 0 unspecified atom stereocenters. The van der Waals surface area contributed by atoms with Crippen molar-refractivity contribution in [2.75, 3.05) is 5.32 Å². The molecule has 0 aliphatic carbocycles. The highest BCUT2D eigenvalue weighted by Crippen LogP contribution is 2.32. The lowest BCUT2D eigenvalue weighted by Crippen LogP contribution is -2.01. The van der Waals surface area contributed by atoms with Gasteiger partial charge in [0.25, 0.3) is 0 Å². The minimum absolute atomic E-state index is 0.355. The molecule has 5 heteroatoms. The summed E-state index contributed by atoms with van der Waals surface area (Å²) in [7, 11) is 0. The first-order valence-electron chi connectivity index (χ1n) is 5.20. The minimum atomic E-state index is -0.363. The summed E-state index contributed by atoms with van der Waals surface area (Å²) in [5.41, 5.74) is 1.79. The molecule has 0 bridgehead atoms. The molecule has 1 nitrogen and oxygen atoms in total. The Balaban J connectivity index is 2.19. The molecule has 94 valence electrons. The van der Waals surface area contributed by atoms with Crippen molar-refractivity contribution in [2.24, 2.45) is 0 Å². The molecule has 0 fully saturated rings. The number of benzene rings is 2. The van der Waals surface area contributed by atoms with Gasteiger partial charge in [0, 0.05) is 15.5 Å². The Labute approximate surface area is 127 Å².